The van der Waals surface area contributed by atoms with Crippen LogP contribution in [0.5, 0.6) is 11.5 Å². The third-order valence-corrected chi connectivity index (χ3v) is 1.75. The van der Waals surface area contributed by atoms with Gasteiger partial charge in [-0.3, -0.25) is 4.79 Å². The van der Waals surface area contributed by atoms with Crippen molar-refractivity contribution in [2.45, 2.75) is 6.92 Å². The van der Waals surface area contributed by atoms with E-state index >= 15 is 0 Å². The zero-order valence-electron chi connectivity index (χ0n) is 9.02. The van der Waals surface area contributed by atoms with Crippen LogP contribution in [0.1, 0.15) is 27.6 Å². The van der Waals surface area contributed by atoms with Crippen molar-refractivity contribution in [2.24, 2.45) is 0 Å². The number of benzene rings is 1. The molecule has 0 heterocycles. The van der Waals surface area contributed by atoms with Crippen LogP contribution in [-0.4, -0.2) is 24.0 Å². The number of carbonyl (C=O) groups is 2. The topological polar surface area (TPSA) is 86.7 Å². The monoisotopic (exact) mass is 232 g/mol. The molecule has 0 aromatic heterocycles. The molecule has 0 saturated heterocycles. The Morgan fingerprint density at radius 3 is 2.62 bits per heavy atom. The first-order chi connectivity index (χ1) is 7.10. The number of carboxylic acids is 1. The first kappa shape index (κ1) is 15.0. The van der Waals surface area contributed by atoms with Gasteiger partial charge in [-0.2, -0.15) is 0 Å². The fraction of sp³-hybridized carbons (Fsp3) is 0.200. The summed E-state index contributed by atoms with van der Waals surface area (Å²) in [5.41, 5.74) is -0.349. The van der Waals surface area contributed by atoms with Gasteiger partial charge in [-0.1, -0.05) is 0 Å². The molecule has 80 valence electrons. The van der Waals surface area contributed by atoms with Gasteiger partial charge in [0.05, 0.1) is 12.6 Å². The maximum absolute atomic E-state index is 10.6. The molecule has 0 bridgehead atoms. The van der Waals surface area contributed by atoms with Crippen molar-refractivity contribution < 1.29 is 54.1 Å². The van der Waals surface area contributed by atoms with Crippen molar-refractivity contribution in [1.29, 1.82) is 0 Å². The van der Waals surface area contributed by atoms with E-state index in [-0.39, 0.29) is 47.5 Å². The minimum atomic E-state index is -1.56. The molecule has 6 heteroatoms. The molecule has 0 fully saturated rings. The zero-order chi connectivity index (χ0) is 11.4. The standard InChI is InChI=1S/C10H10O5.Na/c1-2-15-8-4-6(5-11)3-7(9(8)12)10(13)14;/h3-5,12H,2H2,1H3,(H,13,14);/q;+1/p-1. The average Bonchev–Trinajstić information content (AvgIpc) is 2.21. The van der Waals surface area contributed by atoms with Crippen molar-refractivity contribution in [3.63, 3.8) is 0 Å². The quantitative estimate of drug-likeness (QED) is 0.441. The van der Waals surface area contributed by atoms with Gasteiger partial charge >= 0.3 is 29.6 Å². The first-order valence-corrected chi connectivity index (χ1v) is 4.26. The second-order valence-electron chi connectivity index (χ2n) is 2.75. The van der Waals surface area contributed by atoms with E-state index < -0.39 is 17.3 Å². The van der Waals surface area contributed by atoms with Gasteiger partial charge in [-0.25, -0.2) is 0 Å². The predicted molar refractivity (Wildman–Crippen MR) is 49.0 cm³/mol. The van der Waals surface area contributed by atoms with Crippen molar-refractivity contribution in [3.8, 4) is 11.5 Å². The number of hydrogen-bond donors (Lipinski definition) is 1. The number of aromatic hydroxyl groups is 1. The second-order valence-corrected chi connectivity index (χ2v) is 2.75. The summed E-state index contributed by atoms with van der Waals surface area (Å²) in [5.74, 6) is -2.12. The number of ether oxygens (including phenoxy) is 1. The number of hydrogen-bond acceptors (Lipinski definition) is 5. The van der Waals surface area contributed by atoms with Crippen molar-refractivity contribution in [3.05, 3.63) is 23.3 Å². The number of aromatic carboxylic acids is 1. The summed E-state index contributed by atoms with van der Waals surface area (Å²) < 4.78 is 4.97. The minimum Gasteiger partial charge on any atom is -0.545 e. The fourth-order valence-electron chi connectivity index (χ4n) is 1.12. The molecule has 0 amide bonds. The average molecular weight is 232 g/mol. The molecule has 1 N–H and O–H groups in total. The van der Waals surface area contributed by atoms with Crippen LogP contribution in [0.4, 0.5) is 0 Å². The molecule has 16 heavy (non-hydrogen) atoms. The molecule has 1 rings (SSSR count). The van der Waals surface area contributed by atoms with Crippen LogP contribution in [0.15, 0.2) is 12.1 Å². The predicted octanol–water partition coefficient (Wildman–Crippen LogP) is -3.03. The Morgan fingerprint density at radius 1 is 1.56 bits per heavy atom. The van der Waals surface area contributed by atoms with Gasteiger partial charge in [0.25, 0.3) is 0 Å². The molecular formula is C10H9NaO5. The van der Waals surface area contributed by atoms with E-state index in [1.165, 1.54) is 6.07 Å². The van der Waals surface area contributed by atoms with Crippen molar-refractivity contribution in [2.75, 3.05) is 6.61 Å². The van der Waals surface area contributed by atoms with E-state index in [4.69, 9.17) is 4.74 Å². The molecule has 5 nitrogen and oxygen atoms in total. The van der Waals surface area contributed by atoms with Crippen LogP contribution < -0.4 is 39.4 Å². The first-order valence-electron chi connectivity index (χ1n) is 4.26. The Balaban J connectivity index is 0.00000225. The summed E-state index contributed by atoms with van der Waals surface area (Å²) in [7, 11) is 0. The van der Waals surface area contributed by atoms with Crippen LogP contribution in [0.25, 0.3) is 0 Å². The van der Waals surface area contributed by atoms with Crippen LogP contribution in [0.3, 0.4) is 0 Å². The van der Waals surface area contributed by atoms with E-state index in [0.29, 0.717) is 6.29 Å². The Morgan fingerprint density at radius 2 is 2.19 bits per heavy atom. The molecule has 0 radical (unpaired) electrons. The van der Waals surface area contributed by atoms with E-state index in [1.54, 1.807) is 6.92 Å². The zero-order valence-corrected chi connectivity index (χ0v) is 11.0. The van der Waals surface area contributed by atoms with Gasteiger partial charge < -0.3 is 19.7 Å². The maximum Gasteiger partial charge on any atom is 1.00 e. The minimum absolute atomic E-state index is 0. The SMILES string of the molecule is CCOc1cc(C=O)cc(C(=O)[O-])c1O.[Na+]. The molecular weight excluding hydrogens is 223 g/mol. The van der Waals surface area contributed by atoms with Gasteiger partial charge in [-0.15, -0.1) is 0 Å². The van der Waals surface area contributed by atoms with E-state index in [1.807, 2.05) is 0 Å². The summed E-state index contributed by atoms with van der Waals surface area (Å²) in [6.45, 7) is 1.92. The van der Waals surface area contributed by atoms with Gasteiger partial charge in [0.1, 0.15) is 6.29 Å². The third kappa shape index (κ3) is 3.23. The normalized spacial score (nSPS) is 9.06. The summed E-state index contributed by atoms with van der Waals surface area (Å²) in [4.78, 5) is 21.1. The molecule has 0 aliphatic heterocycles. The summed E-state index contributed by atoms with van der Waals surface area (Å²) in [6.07, 6.45) is 0.467. The van der Waals surface area contributed by atoms with Gasteiger partial charge in [0, 0.05) is 11.1 Å². The van der Waals surface area contributed by atoms with Gasteiger partial charge in [0.2, 0.25) is 0 Å². The Kier molecular flexibility index (Phi) is 6.10. The molecule has 0 aliphatic rings. The molecule has 1 aromatic carbocycles. The fourth-order valence-corrected chi connectivity index (χ4v) is 1.12. The van der Waals surface area contributed by atoms with E-state index in [0.717, 1.165) is 6.07 Å². The summed E-state index contributed by atoms with van der Waals surface area (Å²) >= 11 is 0. The summed E-state index contributed by atoms with van der Waals surface area (Å²) in [6, 6.07) is 2.29. The number of carboxylic acid groups (broad SMARTS) is 1. The number of phenols is 1. The van der Waals surface area contributed by atoms with Crippen LogP contribution in [0.2, 0.25) is 0 Å². The third-order valence-electron chi connectivity index (χ3n) is 1.75. The molecule has 0 atom stereocenters. The Labute approximate surface area is 114 Å². The summed E-state index contributed by atoms with van der Waals surface area (Å²) in [5, 5.41) is 20.1. The largest absolute Gasteiger partial charge is 1.00 e. The van der Waals surface area contributed by atoms with Gasteiger partial charge in [-0.05, 0) is 19.1 Å². The number of carbonyl (C=O) groups excluding carboxylic acids is 2. The smallest absolute Gasteiger partial charge is 0.545 e. The van der Waals surface area contributed by atoms with Crippen LogP contribution in [-0.2, 0) is 0 Å². The molecule has 0 spiro atoms. The second kappa shape index (κ2) is 6.52. The Bertz CT molecular complexity index is 402. The molecule has 0 unspecified atom stereocenters. The number of rotatable bonds is 4. The number of aldehydes is 1. The maximum atomic E-state index is 10.6. The Hall–Kier alpha value is -1.04. The van der Waals surface area contributed by atoms with Crippen molar-refractivity contribution >= 4 is 12.3 Å². The van der Waals surface area contributed by atoms with E-state index in [2.05, 4.69) is 0 Å². The van der Waals surface area contributed by atoms with Crippen molar-refractivity contribution in [1.82, 2.24) is 0 Å². The molecule has 0 aliphatic carbocycles. The van der Waals surface area contributed by atoms with E-state index in [9.17, 15) is 19.8 Å². The van der Waals surface area contributed by atoms with Crippen LogP contribution in [0, 0.1) is 0 Å². The molecule has 0 saturated carbocycles. The van der Waals surface area contributed by atoms with Gasteiger partial charge in [0.15, 0.2) is 11.5 Å². The van der Waals surface area contributed by atoms with Crippen LogP contribution >= 0.6 is 0 Å². The molecule has 1 aromatic rings.